The van der Waals surface area contributed by atoms with Crippen molar-refractivity contribution in [2.75, 3.05) is 49.5 Å². The van der Waals surface area contributed by atoms with Crippen LogP contribution < -0.4 is 10.2 Å². The number of nitrogens with one attached hydrogen (secondary N) is 1. The minimum absolute atomic E-state index is 0.920. The summed E-state index contributed by atoms with van der Waals surface area (Å²) in [6.45, 7) is 15.1. The molecule has 0 fully saturated rings. The molecule has 120 valence electrons. The van der Waals surface area contributed by atoms with Crippen molar-refractivity contribution in [2.45, 2.75) is 40.5 Å². The third-order valence-corrected chi connectivity index (χ3v) is 3.71. The first-order valence-corrected chi connectivity index (χ1v) is 8.28. The Morgan fingerprint density at radius 1 is 1.00 bits per heavy atom. The molecule has 0 aliphatic rings. The molecule has 0 bridgehead atoms. The maximum absolute atomic E-state index is 4.42. The Kier molecular flexibility index (Phi) is 8.74. The fraction of sp³-hybridized carbons (Fsp3) is 0.750. The van der Waals surface area contributed by atoms with Crippen molar-refractivity contribution in [1.82, 2.24) is 14.9 Å². The highest BCUT2D eigenvalue weighted by Gasteiger charge is 2.08. The van der Waals surface area contributed by atoms with E-state index in [1.165, 1.54) is 0 Å². The summed E-state index contributed by atoms with van der Waals surface area (Å²) in [6, 6.07) is 2.05. The highest BCUT2D eigenvalue weighted by Crippen LogP contribution is 2.14. The zero-order chi connectivity index (χ0) is 15.5. The van der Waals surface area contributed by atoms with Crippen LogP contribution in [0.4, 0.5) is 11.6 Å². The lowest BCUT2D eigenvalue weighted by atomic mass is 10.3. The second kappa shape index (κ2) is 10.4. The largest absolute Gasteiger partial charge is 0.370 e. The summed E-state index contributed by atoms with van der Waals surface area (Å²) in [5, 5.41) is 3.32. The highest BCUT2D eigenvalue weighted by molar-refractivity contribution is 5.48. The third kappa shape index (κ3) is 6.29. The van der Waals surface area contributed by atoms with Gasteiger partial charge in [-0.3, -0.25) is 0 Å². The van der Waals surface area contributed by atoms with Crippen LogP contribution in [-0.2, 0) is 0 Å². The number of hydrogen-bond acceptors (Lipinski definition) is 5. The van der Waals surface area contributed by atoms with Gasteiger partial charge in [-0.2, -0.15) is 0 Å². The molecule has 1 N–H and O–H groups in total. The number of nitrogens with zero attached hydrogens (tertiary/aromatic N) is 4. The van der Waals surface area contributed by atoms with Gasteiger partial charge in [-0.25, -0.2) is 9.97 Å². The van der Waals surface area contributed by atoms with Gasteiger partial charge in [-0.15, -0.1) is 0 Å². The molecule has 5 nitrogen and oxygen atoms in total. The van der Waals surface area contributed by atoms with Crippen LogP contribution in [0.1, 0.15) is 40.5 Å². The lowest BCUT2D eigenvalue weighted by molar-refractivity contribution is 0.300. The second-order valence-corrected chi connectivity index (χ2v) is 5.15. The van der Waals surface area contributed by atoms with E-state index in [2.05, 4.69) is 58.8 Å². The van der Waals surface area contributed by atoms with Crippen LogP contribution >= 0.6 is 0 Å². The van der Waals surface area contributed by atoms with Crippen molar-refractivity contribution in [3.8, 4) is 0 Å². The molecule has 0 aliphatic carbocycles. The van der Waals surface area contributed by atoms with E-state index in [0.717, 1.165) is 63.7 Å². The molecule has 1 rings (SSSR count). The summed E-state index contributed by atoms with van der Waals surface area (Å²) < 4.78 is 0. The van der Waals surface area contributed by atoms with E-state index in [0.29, 0.717) is 0 Å². The van der Waals surface area contributed by atoms with Crippen LogP contribution in [0.25, 0.3) is 0 Å². The van der Waals surface area contributed by atoms with Crippen molar-refractivity contribution in [2.24, 2.45) is 0 Å². The fourth-order valence-electron chi connectivity index (χ4n) is 2.33. The Hall–Kier alpha value is -1.36. The lowest BCUT2D eigenvalue weighted by Gasteiger charge is -2.24. The Labute approximate surface area is 129 Å². The smallest absolute Gasteiger partial charge is 0.134 e. The van der Waals surface area contributed by atoms with Crippen molar-refractivity contribution in [3.05, 3.63) is 12.4 Å². The molecular weight excluding hydrogens is 262 g/mol. The standard InChI is InChI=1S/C16H31N5/c1-5-10-17-15-13-16(19-14-18-15)21(8-4)12-9-11-20(6-2)7-3/h13-14H,5-12H2,1-4H3,(H,17,18,19). The van der Waals surface area contributed by atoms with Crippen molar-refractivity contribution >= 4 is 11.6 Å². The van der Waals surface area contributed by atoms with Crippen molar-refractivity contribution in [3.63, 3.8) is 0 Å². The van der Waals surface area contributed by atoms with Gasteiger partial charge in [0.1, 0.15) is 18.0 Å². The Morgan fingerprint density at radius 3 is 2.38 bits per heavy atom. The Bertz CT molecular complexity index is 379. The monoisotopic (exact) mass is 293 g/mol. The van der Waals surface area contributed by atoms with E-state index in [1.54, 1.807) is 6.33 Å². The first-order valence-electron chi connectivity index (χ1n) is 8.28. The molecule has 0 amide bonds. The van der Waals surface area contributed by atoms with E-state index in [-0.39, 0.29) is 0 Å². The molecule has 0 aliphatic heterocycles. The molecule has 1 aromatic heterocycles. The molecule has 0 unspecified atom stereocenters. The second-order valence-electron chi connectivity index (χ2n) is 5.15. The van der Waals surface area contributed by atoms with Gasteiger partial charge >= 0.3 is 0 Å². The molecule has 21 heavy (non-hydrogen) atoms. The predicted octanol–water partition coefficient (Wildman–Crippen LogP) is 2.86. The maximum Gasteiger partial charge on any atom is 0.134 e. The topological polar surface area (TPSA) is 44.3 Å². The number of hydrogen-bond donors (Lipinski definition) is 1. The zero-order valence-electron chi connectivity index (χ0n) is 14.1. The quantitative estimate of drug-likeness (QED) is 0.679. The molecule has 0 spiro atoms. The van der Waals surface area contributed by atoms with E-state index < -0.39 is 0 Å². The van der Waals surface area contributed by atoms with Gasteiger partial charge in [0.15, 0.2) is 0 Å². The Morgan fingerprint density at radius 2 is 1.76 bits per heavy atom. The molecule has 5 heteroatoms. The number of rotatable bonds is 11. The maximum atomic E-state index is 4.42. The molecular formula is C16H31N5. The van der Waals surface area contributed by atoms with Gasteiger partial charge in [0.25, 0.3) is 0 Å². The molecule has 0 atom stereocenters. The fourth-order valence-corrected chi connectivity index (χ4v) is 2.33. The van der Waals surface area contributed by atoms with Crippen LogP contribution in [0.3, 0.4) is 0 Å². The summed E-state index contributed by atoms with van der Waals surface area (Å²) in [7, 11) is 0. The predicted molar refractivity (Wildman–Crippen MR) is 91.1 cm³/mol. The summed E-state index contributed by atoms with van der Waals surface area (Å²) in [5.41, 5.74) is 0. The van der Waals surface area contributed by atoms with Gasteiger partial charge in [0.2, 0.25) is 0 Å². The average Bonchev–Trinajstić information content (AvgIpc) is 2.53. The van der Waals surface area contributed by atoms with Gasteiger partial charge in [0, 0.05) is 25.7 Å². The molecule has 0 saturated carbocycles. The number of anilines is 2. The zero-order valence-corrected chi connectivity index (χ0v) is 14.1. The number of aromatic nitrogens is 2. The van der Waals surface area contributed by atoms with Gasteiger partial charge < -0.3 is 15.1 Å². The molecule has 1 aromatic rings. The summed E-state index contributed by atoms with van der Waals surface area (Å²) >= 11 is 0. The minimum atomic E-state index is 0.920. The van der Waals surface area contributed by atoms with E-state index in [1.807, 2.05) is 0 Å². The van der Waals surface area contributed by atoms with Crippen LogP contribution in [0.5, 0.6) is 0 Å². The van der Waals surface area contributed by atoms with Gasteiger partial charge in [-0.1, -0.05) is 20.8 Å². The molecule has 1 heterocycles. The van der Waals surface area contributed by atoms with Crippen LogP contribution in [-0.4, -0.2) is 54.1 Å². The van der Waals surface area contributed by atoms with E-state index in [4.69, 9.17) is 0 Å². The van der Waals surface area contributed by atoms with Crippen molar-refractivity contribution < 1.29 is 0 Å². The Balaban J connectivity index is 2.54. The van der Waals surface area contributed by atoms with Crippen LogP contribution in [0.15, 0.2) is 12.4 Å². The minimum Gasteiger partial charge on any atom is -0.370 e. The van der Waals surface area contributed by atoms with E-state index in [9.17, 15) is 0 Å². The van der Waals surface area contributed by atoms with Gasteiger partial charge in [-0.05, 0) is 39.4 Å². The first kappa shape index (κ1) is 17.7. The third-order valence-electron chi connectivity index (χ3n) is 3.71. The summed E-state index contributed by atoms with van der Waals surface area (Å²) in [6.07, 6.45) is 3.92. The molecule has 0 aromatic carbocycles. The summed E-state index contributed by atoms with van der Waals surface area (Å²) in [5.74, 6) is 1.94. The normalized spacial score (nSPS) is 10.9. The lowest BCUT2D eigenvalue weighted by Crippen LogP contribution is -2.30. The first-order chi connectivity index (χ1) is 10.2. The van der Waals surface area contributed by atoms with Gasteiger partial charge in [0.05, 0.1) is 0 Å². The SMILES string of the molecule is CCCNc1cc(N(CC)CCCN(CC)CC)ncn1. The van der Waals surface area contributed by atoms with Crippen molar-refractivity contribution in [1.29, 1.82) is 0 Å². The highest BCUT2D eigenvalue weighted by atomic mass is 15.2. The van der Waals surface area contributed by atoms with Crippen LogP contribution in [0.2, 0.25) is 0 Å². The van der Waals surface area contributed by atoms with Crippen LogP contribution in [0, 0.1) is 0 Å². The summed E-state index contributed by atoms with van der Waals surface area (Å²) in [4.78, 5) is 13.5. The molecule has 0 saturated heterocycles. The average molecular weight is 293 g/mol. The van der Waals surface area contributed by atoms with E-state index >= 15 is 0 Å². The molecule has 0 radical (unpaired) electrons.